The Morgan fingerprint density at radius 3 is 2.82 bits per heavy atom. The average Bonchev–Trinajstić information content (AvgIpc) is 2.35. The van der Waals surface area contributed by atoms with E-state index < -0.39 is 0 Å². The van der Waals surface area contributed by atoms with Crippen molar-refractivity contribution in [3.63, 3.8) is 0 Å². The van der Waals surface area contributed by atoms with Gasteiger partial charge in [-0.2, -0.15) is 0 Å². The zero-order valence-corrected chi connectivity index (χ0v) is 11.8. The number of unbranched alkanes of at least 4 members (excludes halogenated alkanes) is 1. The monoisotopic (exact) mass is 303 g/mol. The number of halogens is 1. The van der Waals surface area contributed by atoms with E-state index in [0.717, 1.165) is 23.9 Å². The van der Waals surface area contributed by atoms with Crippen LogP contribution in [-0.2, 0) is 4.74 Å². The van der Waals surface area contributed by atoms with E-state index in [4.69, 9.17) is 9.47 Å². The minimum Gasteiger partial charge on any atom is -0.474 e. The fourth-order valence-corrected chi connectivity index (χ4v) is 1.69. The summed E-state index contributed by atoms with van der Waals surface area (Å²) >= 11 is 3.38. The van der Waals surface area contributed by atoms with Crippen LogP contribution in [0.3, 0.4) is 0 Å². The first-order valence-electron chi connectivity index (χ1n) is 5.68. The SMILES string of the molecule is CCCCOCCOc1ncnc(NC)c1Br. The Bertz CT molecular complexity index is 336. The van der Waals surface area contributed by atoms with E-state index in [0.29, 0.717) is 24.9 Å². The van der Waals surface area contributed by atoms with Gasteiger partial charge < -0.3 is 14.8 Å². The molecule has 0 aliphatic rings. The summed E-state index contributed by atoms with van der Waals surface area (Å²) in [5.41, 5.74) is 0. The minimum atomic E-state index is 0.489. The normalized spacial score (nSPS) is 10.3. The van der Waals surface area contributed by atoms with Crippen molar-refractivity contribution in [1.29, 1.82) is 0 Å². The van der Waals surface area contributed by atoms with E-state index in [2.05, 4.69) is 38.1 Å². The van der Waals surface area contributed by atoms with E-state index in [1.54, 1.807) is 7.05 Å². The molecule has 0 aromatic carbocycles. The van der Waals surface area contributed by atoms with Gasteiger partial charge >= 0.3 is 0 Å². The summed E-state index contributed by atoms with van der Waals surface area (Å²) in [7, 11) is 1.80. The molecule has 1 rings (SSSR count). The summed E-state index contributed by atoms with van der Waals surface area (Å²) < 4.78 is 11.6. The van der Waals surface area contributed by atoms with Gasteiger partial charge in [-0.3, -0.25) is 0 Å². The van der Waals surface area contributed by atoms with Crippen molar-refractivity contribution >= 4 is 21.7 Å². The lowest BCUT2D eigenvalue weighted by atomic mass is 10.4. The molecule has 1 heterocycles. The zero-order valence-electron chi connectivity index (χ0n) is 10.2. The lowest BCUT2D eigenvalue weighted by Crippen LogP contribution is -2.09. The first-order valence-corrected chi connectivity index (χ1v) is 6.47. The van der Waals surface area contributed by atoms with Crippen molar-refractivity contribution in [3.8, 4) is 5.88 Å². The standard InChI is InChI=1S/C11H18BrN3O2/c1-3-4-5-16-6-7-17-11-9(12)10(13-2)14-8-15-11/h8H,3-7H2,1-2H3,(H,13,14,15). The molecule has 0 spiro atoms. The Morgan fingerprint density at radius 1 is 1.29 bits per heavy atom. The Labute approximate surface area is 110 Å². The predicted octanol–water partition coefficient (Wildman–Crippen LogP) is 2.48. The molecule has 17 heavy (non-hydrogen) atoms. The zero-order chi connectivity index (χ0) is 12.5. The number of ether oxygens (including phenoxy) is 2. The highest BCUT2D eigenvalue weighted by Crippen LogP contribution is 2.27. The molecule has 1 N–H and O–H groups in total. The molecule has 0 amide bonds. The largest absolute Gasteiger partial charge is 0.474 e. The molecule has 5 nitrogen and oxygen atoms in total. The van der Waals surface area contributed by atoms with Gasteiger partial charge in [-0.25, -0.2) is 9.97 Å². The third-order valence-corrected chi connectivity index (χ3v) is 2.82. The lowest BCUT2D eigenvalue weighted by molar-refractivity contribution is 0.0962. The predicted molar refractivity (Wildman–Crippen MR) is 70.5 cm³/mol. The van der Waals surface area contributed by atoms with Gasteiger partial charge in [0.1, 0.15) is 23.2 Å². The lowest BCUT2D eigenvalue weighted by Gasteiger charge is -2.09. The van der Waals surface area contributed by atoms with Crippen molar-refractivity contribution in [1.82, 2.24) is 9.97 Å². The number of hydrogen-bond donors (Lipinski definition) is 1. The third-order valence-electron chi connectivity index (χ3n) is 2.10. The summed E-state index contributed by atoms with van der Waals surface area (Å²) in [6.45, 7) is 3.98. The van der Waals surface area contributed by atoms with E-state index in [1.807, 2.05) is 0 Å². The highest BCUT2D eigenvalue weighted by molar-refractivity contribution is 9.10. The maximum atomic E-state index is 5.50. The van der Waals surface area contributed by atoms with Crippen LogP contribution in [0.4, 0.5) is 5.82 Å². The first kappa shape index (κ1) is 14.2. The Kier molecular flexibility index (Phi) is 6.88. The van der Waals surface area contributed by atoms with Crippen LogP contribution in [0.2, 0.25) is 0 Å². The fourth-order valence-electron chi connectivity index (χ4n) is 1.17. The highest BCUT2D eigenvalue weighted by Gasteiger charge is 2.07. The van der Waals surface area contributed by atoms with Gasteiger partial charge in [-0.15, -0.1) is 0 Å². The third kappa shape index (κ3) is 4.87. The molecule has 0 aliphatic heterocycles. The molecule has 0 fully saturated rings. The van der Waals surface area contributed by atoms with E-state index in [-0.39, 0.29) is 0 Å². The second-order valence-corrected chi connectivity index (χ2v) is 4.20. The van der Waals surface area contributed by atoms with Gasteiger partial charge in [0, 0.05) is 13.7 Å². The molecule has 6 heteroatoms. The molecule has 0 saturated heterocycles. The topological polar surface area (TPSA) is 56.3 Å². The number of aromatic nitrogens is 2. The average molecular weight is 304 g/mol. The molecular weight excluding hydrogens is 286 g/mol. The van der Waals surface area contributed by atoms with E-state index in [1.165, 1.54) is 6.33 Å². The highest BCUT2D eigenvalue weighted by atomic mass is 79.9. The van der Waals surface area contributed by atoms with E-state index in [9.17, 15) is 0 Å². The molecule has 1 aromatic rings. The van der Waals surface area contributed by atoms with Crippen LogP contribution in [0.1, 0.15) is 19.8 Å². The summed E-state index contributed by atoms with van der Waals surface area (Å²) in [5.74, 6) is 1.24. The molecule has 0 saturated carbocycles. The summed E-state index contributed by atoms with van der Waals surface area (Å²) in [6.07, 6.45) is 3.69. The quantitative estimate of drug-likeness (QED) is 0.748. The Morgan fingerprint density at radius 2 is 2.12 bits per heavy atom. The van der Waals surface area contributed by atoms with Gasteiger partial charge in [0.05, 0.1) is 6.61 Å². The summed E-state index contributed by atoms with van der Waals surface area (Å²) in [6, 6.07) is 0. The van der Waals surface area contributed by atoms with Crippen LogP contribution >= 0.6 is 15.9 Å². The number of rotatable bonds is 8. The van der Waals surface area contributed by atoms with Gasteiger partial charge in [0.25, 0.3) is 0 Å². The number of anilines is 1. The van der Waals surface area contributed by atoms with Crippen molar-refractivity contribution in [2.24, 2.45) is 0 Å². The van der Waals surface area contributed by atoms with Crippen LogP contribution in [0.15, 0.2) is 10.8 Å². The van der Waals surface area contributed by atoms with E-state index >= 15 is 0 Å². The van der Waals surface area contributed by atoms with Crippen LogP contribution < -0.4 is 10.1 Å². The van der Waals surface area contributed by atoms with Crippen molar-refractivity contribution in [2.75, 3.05) is 32.2 Å². The molecule has 0 bridgehead atoms. The summed E-state index contributed by atoms with van der Waals surface area (Å²) in [4.78, 5) is 8.09. The molecule has 0 atom stereocenters. The van der Waals surface area contributed by atoms with Crippen molar-refractivity contribution in [3.05, 3.63) is 10.8 Å². The van der Waals surface area contributed by atoms with Crippen molar-refractivity contribution < 1.29 is 9.47 Å². The van der Waals surface area contributed by atoms with Gasteiger partial charge in [-0.05, 0) is 22.4 Å². The van der Waals surface area contributed by atoms with Gasteiger partial charge in [0.2, 0.25) is 5.88 Å². The van der Waals surface area contributed by atoms with Crippen LogP contribution in [0.25, 0.3) is 0 Å². The first-order chi connectivity index (χ1) is 8.29. The maximum Gasteiger partial charge on any atom is 0.233 e. The molecule has 0 unspecified atom stereocenters. The van der Waals surface area contributed by atoms with Gasteiger partial charge in [-0.1, -0.05) is 13.3 Å². The van der Waals surface area contributed by atoms with Crippen LogP contribution in [0, 0.1) is 0 Å². The van der Waals surface area contributed by atoms with Crippen LogP contribution in [-0.4, -0.2) is 36.8 Å². The van der Waals surface area contributed by atoms with Crippen LogP contribution in [0.5, 0.6) is 5.88 Å². The second kappa shape index (κ2) is 8.25. The second-order valence-electron chi connectivity index (χ2n) is 3.41. The molecule has 0 radical (unpaired) electrons. The minimum absolute atomic E-state index is 0.489. The molecule has 1 aromatic heterocycles. The maximum absolute atomic E-state index is 5.50. The number of nitrogens with one attached hydrogen (secondary N) is 1. The summed E-state index contributed by atoms with van der Waals surface area (Å²) in [5, 5.41) is 2.94. The van der Waals surface area contributed by atoms with Gasteiger partial charge in [0.15, 0.2) is 0 Å². The fraction of sp³-hybridized carbons (Fsp3) is 0.636. The molecule has 0 aliphatic carbocycles. The Hall–Kier alpha value is -0.880. The smallest absolute Gasteiger partial charge is 0.233 e. The Balaban J connectivity index is 2.31. The number of nitrogens with zero attached hydrogens (tertiary/aromatic N) is 2. The molecule has 96 valence electrons. The van der Waals surface area contributed by atoms with Crippen molar-refractivity contribution in [2.45, 2.75) is 19.8 Å². The molecular formula is C11H18BrN3O2. The number of hydrogen-bond acceptors (Lipinski definition) is 5.